The van der Waals surface area contributed by atoms with Crippen LogP contribution in [0.3, 0.4) is 0 Å². The molecular weight excluding hydrogens is 270 g/mol. The molecule has 1 aromatic heterocycles. The minimum Gasteiger partial charge on any atom is -0.469 e. The first kappa shape index (κ1) is 15.3. The fourth-order valence-corrected chi connectivity index (χ4v) is 2.57. The first-order valence-electron chi connectivity index (χ1n) is 7.03. The van der Waals surface area contributed by atoms with Crippen LogP contribution in [-0.4, -0.2) is 49.0 Å². The number of methoxy groups -OCH3 is 1. The molecule has 1 N–H and O–H groups in total. The Balaban J connectivity index is 1.93. The Morgan fingerprint density at radius 2 is 2.10 bits per heavy atom. The van der Waals surface area contributed by atoms with Crippen LogP contribution in [-0.2, 0) is 9.53 Å². The maximum atomic E-state index is 11.8. The highest BCUT2D eigenvalue weighted by Crippen LogP contribution is 2.28. The monoisotopic (exact) mass is 291 g/mol. The molecule has 1 aliphatic carbocycles. The summed E-state index contributed by atoms with van der Waals surface area (Å²) < 4.78 is 4.77. The summed E-state index contributed by atoms with van der Waals surface area (Å²) in [6.45, 7) is 0. The van der Waals surface area contributed by atoms with Crippen LogP contribution in [0.5, 0.6) is 0 Å². The van der Waals surface area contributed by atoms with E-state index in [0.29, 0.717) is 5.56 Å². The molecule has 0 bridgehead atoms. The normalized spacial score (nSPS) is 20.9. The van der Waals surface area contributed by atoms with Crippen LogP contribution in [0.15, 0.2) is 18.3 Å². The molecule has 1 saturated carbocycles. The lowest BCUT2D eigenvalue weighted by Gasteiger charge is -2.14. The molecule has 2 rings (SSSR count). The Morgan fingerprint density at radius 3 is 2.67 bits per heavy atom. The van der Waals surface area contributed by atoms with Gasteiger partial charge in [0.1, 0.15) is 5.82 Å². The second-order valence-electron chi connectivity index (χ2n) is 5.51. The molecule has 0 spiro atoms. The van der Waals surface area contributed by atoms with Crippen molar-refractivity contribution in [1.82, 2.24) is 9.88 Å². The lowest BCUT2D eigenvalue weighted by Crippen LogP contribution is -2.22. The average Bonchev–Trinajstić information content (AvgIpc) is 2.95. The predicted octanol–water partition coefficient (Wildman–Crippen LogP) is 1.54. The number of carbonyl (C=O) groups excluding carboxylic acids is 2. The van der Waals surface area contributed by atoms with Crippen LogP contribution in [0.25, 0.3) is 0 Å². The molecule has 0 aromatic carbocycles. The minimum absolute atomic E-state index is 0.0258. The van der Waals surface area contributed by atoms with Gasteiger partial charge in [-0.2, -0.15) is 0 Å². The van der Waals surface area contributed by atoms with Crippen LogP contribution in [0.1, 0.15) is 29.6 Å². The highest BCUT2D eigenvalue weighted by atomic mass is 16.5. The number of nitrogens with one attached hydrogen (secondary N) is 1. The number of hydrogen-bond donors (Lipinski definition) is 1. The molecule has 1 heterocycles. The van der Waals surface area contributed by atoms with Crippen molar-refractivity contribution in [3.05, 3.63) is 23.9 Å². The Bertz CT molecular complexity index is 513. The van der Waals surface area contributed by atoms with Gasteiger partial charge in [0.15, 0.2) is 0 Å². The molecule has 21 heavy (non-hydrogen) atoms. The summed E-state index contributed by atoms with van der Waals surface area (Å²) in [5, 5.41) is 3.30. The summed E-state index contributed by atoms with van der Waals surface area (Å²) in [5.41, 5.74) is 0.560. The third kappa shape index (κ3) is 3.71. The molecule has 6 heteroatoms. The van der Waals surface area contributed by atoms with E-state index in [2.05, 4.69) is 10.3 Å². The zero-order chi connectivity index (χ0) is 15.4. The van der Waals surface area contributed by atoms with Crippen molar-refractivity contribution in [1.29, 1.82) is 0 Å². The van der Waals surface area contributed by atoms with Gasteiger partial charge in [-0.3, -0.25) is 9.59 Å². The highest BCUT2D eigenvalue weighted by molar-refractivity contribution is 5.93. The first-order valence-corrected chi connectivity index (χ1v) is 7.03. The van der Waals surface area contributed by atoms with E-state index < -0.39 is 0 Å². The second-order valence-corrected chi connectivity index (χ2v) is 5.51. The third-order valence-corrected chi connectivity index (χ3v) is 3.74. The molecule has 1 aromatic rings. The minimum atomic E-state index is -0.140. The fraction of sp³-hybridized carbons (Fsp3) is 0.533. The van der Waals surface area contributed by atoms with Gasteiger partial charge >= 0.3 is 5.97 Å². The van der Waals surface area contributed by atoms with Crippen molar-refractivity contribution in [2.75, 3.05) is 26.5 Å². The van der Waals surface area contributed by atoms with Crippen LogP contribution in [0.4, 0.5) is 5.82 Å². The van der Waals surface area contributed by atoms with Crippen molar-refractivity contribution in [2.24, 2.45) is 5.92 Å². The quantitative estimate of drug-likeness (QED) is 0.852. The van der Waals surface area contributed by atoms with Crippen LogP contribution >= 0.6 is 0 Å². The molecule has 1 fully saturated rings. The third-order valence-electron chi connectivity index (χ3n) is 3.74. The van der Waals surface area contributed by atoms with Crippen molar-refractivity contribution >= 4 is 17.7 Å². The van der Waals surface area contributed by atoms with Crippen molar-refractivity contribution in [3.8, 4) is 0 Å². The lowest BCUT2D eigenvalue weighted by molar-refractivity contribution is -0.145. The van der Waals surface area contributed by atoms with Gasteiger partial charge in [0.25, 0.3) is 5.91 Å². The molecule has 6 nitrogen and oxygen atoms in total. The zero-order valence-corrected chi connectivity index (χ0v) is 12.6. The van der Waals surface area contributed by atoms with Crippen LogP contribution in [0, 0.1) is 5.92 Å². The summed E-state index contributed by atoms with van der Waals surface area (Å²) in [6.07, 6.45) is 4.07. The van der Waals surface area contributed by atoms with Crippen molar-refractivity contribution in [2.45, 2.75) is 25.3 Å². The maximum absolute atomic E-state index is 11.8. The van der Waals surface area contributed by atoms with E-state index in [0.717, 1.165) is 25.1 Å². The molecule has 114 valence electrons. The fourth-order valence-electron chi connectivity index (χ4n) is 2.57. The molecular formula is C15H21N3O3. The van der Waals surface area contributed by atoms with Crippen LogP contribution < -0.4 is 5.32 Å². The largest absolute Gasteiger partial charge is 0.469 e. The smallest absolute Gasteiger partial charge is 0.308 e. The van der Waals surface area contributed by atoms with E-state index in [1.54, 1.807) is 32.4 Å². The summed E-state index contributed by atoms with van der Waals surface area (Å²) >= 11 is 0. The number of aromatic nitrogens is 1. The van der Waals surface area contributed by atoms with E-state index in [9.17, 15) is 9.59 Å². The lowest BCUT2D eigenvalue weighted by atomic mass is 10.1. The summed E-state index contributed by atoms with van der Waals surface area (Å²) in [6, 6.07) is 3.77. The Morgan fingerprint density at radius 1 is 1.33 bits per heavy atom. The number of hydrogen-bond acceptors (Lipinski definition) is 5. The number of esters is 1. The first-order chi connectivity index (χ1) is 10.0. The number of ether oxygens (including phenoxy) is 1. The second kappa shape index (κ2) is 6.56. The van der Waals surface area contributed by atoms with E-state index in [4.69, 9.17) is 4.74 Å². The highest BCUT2D eigenvalue weighted by Gasteiger charge is 2.30. The van der Waals surface area contributed by atoms with Gasteiger partial charge < -0.3 is 15.0 Å². The molecule has 1 aliphatic rings. The summed E-state index contributed by atoms with van der Waals surface area (Å²) in [5.74, 6) is 0.489. The average molecular weight is 291 g/mol. The van der Waals surface area contributed by atoms with E-state index in [1.165, 1.54) is 12.0 Å². The number of rotatable bonds is 4. The van der Waals surface area contributed by atoms with Crippen molar-refractivity contribution in [3.63, 3.8) is 0 Å². The number of anilines is 1. The van der Waals surface area contributed by atoms with Gasteiger partial charge in [0, 0.05) is 26.3 Å². The van der Waals surface area contributed by atoms with Crippen LogP contribution in [0.2, 0.25) is 0 Å². The SMILES string of the molecule is COC(=O)[C@H]1CC[C@@H](Nc2ccc(C(=O)N(C)C)cn2)C1. The Kier molecular flexibility index (Phi) is 4.77. The summed E-state index contributed by atoms with van der Waals surface area (Å²) in [7, 11) is 4.84. The zero-order valence-electron chi connectivity index (χ0n) is 12.6. The number of carbonyl (C=O) groups is 2. The maximum Gasteiger partial charge on any atom is 0.308 e. The van der Waals surface area contributed by atoms with Gasteiger partial charge in [0.05, 0.1) is 18.6 Å². The number of nitrogens with zero attached hydrogens (tertiary/aromatic N) is 2. The molecule has 0 unspecified atom stereocenters. The topological polar surface area (TPSA) is 71.5 Å². The Hall–Kier alpha value is -2.11. The molecule has 0 radical (unpaired) electrons. The van der Waals surface area contributed by atoms with Gasteiger partial charge in [-0.15, -0.1) is 0 Å². The molecule has 0 aliphatic heterocycles. The molecule has 2 atom stereocenters. The number of amides is 1. The van der Waals surface area contributed by atoms with Gasteiger partial charge in [0.2, 0.25) is 0 Å². The van der Waals surface area contributed by atoms with Crippen molar-refractivity contribution < 1.29 is 14.3 Å². The van der Waals surface area contributed by atoms with Gasteiger partial charge in [-0.25, -0.2) is 4.98 Å². The summed E-state index contributed by atoms with van der Waals surface area (Å²) in [4.78, 5) is 29.0. The standard InChI is InChI=1S/C15H21N3O3/c1-18(2)14(19)11-5-7-13(16-9-11)17-12-6-4-10(8-12)15(20)21-3/h5,7,9-10,12H,4,6,8H2,1-3H3,(H,16,17)/t10-,12+/m0/s1. The number of pyridine rings is 1. The van der Waals surface area contributed by atoms with E-state index in [1.807, 2.05) is 0 Å². The van der Waals surface area contributed by atoms with E-state index in [-0.39, 0.29) is 23.8 Å². The van der Waals surface area contributed by atoms with Gasteiger partial charge in [-0.1, -0.05) is 0 Å². The van der Waals surface area contributed by atoms with Gasteiger partial charge in [-0.05, 0) is 31.4 Å². The molecule has 0 saturated heterocycles. The Labute approximate surface area is 124 Å². The van der Waals surface area contributed by atoms with E-state index >= 15 is 0 Å². The predicted molar refractivity (Wildman–Crippen MR) is 79.0 cm³/mol. The molecule has 1 amide bonds.